The van der Waals surface area contributed by atoms with Gasteiger partial charge in [0.15, 0.2) is 5.92 Å². The molecule has 0 amide bonds. The number of carbonyl (C=O) groups is 2. The molecule has 0 saturated carbocycles. The van der Waals surface area contributed by atoms with Crippen molar-refractivity contribution in [1.82, 2.24) is 4.72 Å². The van der Waals surface area contributed by atoms with Crippen molar-refractivity contribution in [3.05, 3.63) is 35.6 Å². The molecule has 162 valence electrons. The monoisotopic (exact) mass is 431 g/mol. The van der Waals surface area contributed by atoms with Gasteiger partial charge in [-0.1, -0.05) is 18.2 Å². The molecule has 1 aliphatic rings. The predicted molar refractivity (Wildman–Crippen MR) is 104 cm³/mol. The zero-order chi connectivity index (χ0) is 22.0. The van der Waals surface area contributed by atoms with E-state index in [0.717, 1.165) is 0 Å². The highest BCUT2D eigenvalue weighted by Crippen LogP contribution is 2.35. The van der Waals surface area contributed by atoms with Crippen LogP contribution in [0.4, 0.5) is 8.78 Å². The Labute approximate surface area is 172 Å². The Morgan fingerprint density at radius 2 is 1.72 bits per heavy atom. The minimum atomic E-state index is -1.74. The Balaban J connectivity index is 2.34. The van der Waals surface area contributed by atoms with Crippen LogP contribution in [0.1, 0.15) is 53.0 Å². The molecule has 0 radical (unpaired) electrons. The number of hydrogen-bond acceptors (Lipinski definition) is 6. The Morgan fingerprint density at radius 1 is 1.17 bits per heavy atom. The van der Waals surface area contributed by atoms with Gasteiger partial charge in [-0.15, -0.1) is 4.72 Å². The molecular weight excluding hydrogens is 404 g/mol. The van der Waals surface area contributed by atoms with E-state index in [1.54, 1.807) is 20.8 Å². The first-order valence-electron chi connectivity index (χ1n) is 9.28. The summed E-state index contributed by atoms with van der Waals surface area (Å²) >= 11 is -1.74. The maximum Gasteiger partial charge on any atom is 0.323 e. The molecule has 1 fully saturated rings. The molecular formula is C20H27F2NO5S. The van der Waals surface area contributed by atoms with Crippen LogP contribution >= 0.6 is 0 Å². The van der Waals surface area contributed by atoms with Gasteiger partial charge >= 0.3 is 11.9 Å². The normalized spacial score (nSPS) is 20.6. The van der Waals surface area contributed by atoms with Crippen LogP contribution in [-0.2, 0) is 36.0 Å². The molecule has 1 saturated heterocycles. The second-order valence-corrected chi connectivity index (χ2v) is 10.5. The third-order valence-electron chi connectivity index (χ3n) is 4.58. The van der Waals surface area contributed by atoms with Gasteiger partial charge in [-0.2, -0.15) is 0 Å². The average Bonchev–Trinajstić information content (AvgIpc) is 2.58. The highest BCUT2D eigenvalue weighted by Gasteiger charge is 2.47. The fourth-order valence-electron chi connectivity index (χ4n) is 2.96. The van der Waals surface area contributed by atoms with Gasteiger partial charge in [0.1, 0.15) is 22.8 Å². The van der Waals surface area contributed by atoms with E-state index in [9.17, 15) is 22.9 Å². The van der Waals surface area contributed by atoms with Crippen LogP contribution in [0.3, 0.4) is 0 Å². The third kappa shape index (κ3) is 5.46. The first kappa shape index (κ1) is 23.6. The van der Waals surface area contributed by atoms with Crippen LogP contribution in [0.25, 0.3) is 0 Å². The zero-order valence-corrected chi connectivity index (χ0v) is 18.0. The number of ether oxygens (including phenoxy) is 2. The molecule has 2 rings (SSSR count). The van der Waals surface area contributed by atoms with Gasteiger partial charge in [0.2, 0.25) is 0 Å². The van der Waals surface area contributed by atoms with Crippen molar-refractivity contribution in [3.8, 4) is 0 Å². The number of cyclic esters (lactones) is 2. The summed E-state index contributed by atoms with van der Waals surface area (Å²) in [5, 5.41) is 0. The van der Waals surface area contributed by atoms with E-state index in [0.29, 0.717) is 0 Å². The molecule has 1 aliphatic heterocycles. The molecule has 0 aromatic heterocycles. The minimum absolute atomic E-state index is 0.0297. The van der Waals surface area contributed by atoms with Crippen LogP contribution in [-0.4, -0.2) is 33.7 Å². The SMILES string of the molecule is CC1(C)OC(=O)C(CC[C@](CF)(N[S@+]([O-])C(C)(C)C)c2ccccc2F)C(=O)O1. The van der Waals surface area contributed by atoms with Crippen molar-refractivity contribution in [3.63, 3.8) is 0 Å². The summed E-state index contributed by atoms with van der Waals surface area (Å²) in [7, 11) is 0. The van der Waals surface area contributed by atoms with E-state index in [4.69, 9.17) is 9.47 Å². The van der Waals surface area contributed by atoms with E-state index < -0.39 is 57.8 Å². The lowest BCUT2D eigenvalue weighted by atomic mass is 9.84. The molecule has 1 heterocycles. The summed E-state index contributed by atoms with van der Waals surface area (Å²) in [5.41, 5.74) is -1.73. The van der Waals surface area contributed by atoms with Gasteiger partial charge in [-0.25, -0.2) is 8.78 Å². The lowest BCUT2D eigenvalue weighted by molar-refractivity contribution is -0.240. The van der Waals surface area contributed by atoms with E-state index in [1.807, 2.05) is 0 Å². The lowest BCUT2D eigenvalue weighted by Crippen LogP contribution is -2.54. The number of alkyl halides is 1. The number of esters is 2. The van der Waals surface area contributed by atoms with Gasteiger partial charge in [-0.3, -0.25) is 9.59 Å². The van der Waals surface area contributed by atoms with E-state index in [1.165, 1.54) is 38.1 Å². The summed E-state index contributed by atoms with van der Waals surface area (Å²) in [5.74, 6) is -4.91. The maximum absolute atomic E-state index is 14.6. The van der Waals surface area contributed by atoms with E-state index in [2.05, 4.69) is 4.72 Å². The summed E-state index contributed by atoms with van der Waals surface area (Å²) in [6.45, 7) is 6.84. The van der Waals surface area contributed by atoms with Gasteiger partial charge in [-0.05, 0) is 39.7 Å². The highest BCUT2D eigenvalue weighted by molar-refractivity contribution is 7.90. The lowest BCUT2D eigenvalue weighted by Gasteiger charge is -2.38. The van der Waals surface area contributed by atoms with Crippen LogP contribution in [0.5, 0.6) is 0 Å². The van der Waals surface area contributed by atoms with Crippen molar-refractivity contribution >= 4 is 23.3 Å². The van der Waals surface area contributed by atoms with E-state index >= 15 is 0 Å². The van der Waals surface area contributed by atoms with Crippen LogP contribution in [0, 0.1) is 11.7 Å². The predicted octanol–water partition coefficient (Wildman–Crippen LogP) is 3.27. The number of benzene rings is 1. The quantitative estimate of drug-likeness (QED) is 0.405. The molecule has 0 unspecified atom stereocenters. The van der Waals surface area contributed by atoms with Crippen molar-refractivity contribution in [2.75, 3.05) is 6.67 Å². The zero-order valence-electron chi connectivity index (χ0n) is 17.2. The second kappa shape index (κ2) is 8.57. The van der Waals surface area contributed by atoms with Crippen LogP contribution < -0.4 is 4.72 Å². The van der Waals surface area contributed by atoms with Gasteiger partial charge in [0, 0.05) is 30.8 Å². The molecule has 1 aromatic rings. The molecule has 0 bridgehead atoms. The molecule has 0 spiro atoms. The summed E-state index contributed by atoms with van der Waals surface area (Å²) in [6.07, 6.45) is -0.345. The topological polar surface area (TPSA) is 87.7 Å². The molecule has 2 atom stereocenters. The number of hydrogen-bond donors (Lipinski definition) is 1. The average molecular weight is 432 g/mol. The molecule has 9 heteroatoms. The van der Waals surface area contributed by atoms with Crippen LogP contribution in [0.2, 0.25) is 0 Å². The summed E-state index contributed by atoms with van der Waals surface area (Å²) in [4.78, 5) is 24.5. The Bertz CT molecular complexity index is 747. The largest absolute Gasteiger partial charge is 0.598 e. The van der Waals surface area contributed by atoms with Gasteiger partial charge in [0.05, 0.1) is 0 Å². The van der Waals surface area contributed by atoms with Crippen molar-refractivity contribution < 1.29 is 32.4 Å². The number of carbonyl (C=O) groups excluding carboxylic acids is 2. The molecule has 1 aromatic carbocycles. The molecule has 6 nitrogen and oxygen atoms in total. The van der Waals surface area contributed by atoms with Crippen molar-refractivity contribution in [1.29, 1.82) is 0 Å². The maximum atomic E-state index is 14.6. The first-order valence-corrected chi connectivity index (χ1v) is 10.4. The Morgan fingerprint density at radius 3 is 2.21 bits per heavy atom. The number of halogens is 2. The molecule has 0 aliphatic carbocycles. The fraction of sp³-hybridized carbons (Fsp3) is 0.600. The summed E-state index contributed by atoms with van der Waals surface area (Å²) < 4.78 is 53.8. The summed E-state index contributed by atoms with van der Waals surface area (Å²) in [6, 6.07) is 5.56. The first-order chi connectivity index (χ1) is 13.3. The second-order valence-electron chi connectivity index (χ2n) is 8.51. The minimum Gasteiger partial charge on any atom is -0.598 e. The standard InChI is InChI=1S/C20H27F2NO5S/c1-18(2,3)29(26)23-20(12-21,14-8-6-7-9-15(14)22)11-10-13-16(24)27-19(4,5)28-17(13)25/h6-9,13,23H,10-12H2,1-5H3/t20-,29-/m1/s1. The Kier molecular flexibility index (Phi) is 6.97. The van der Waals surface area contributed by atoms with E-state index in [-0.39, 0.29) is 18.4 Å². The Hall–Kier alpha value is -1.71. The fourth-order valence-corrected chi connectivity index (χ4v) is 3.88. The molecule has 1 N–H and O–H groups in total. The number of rotatable bonds is 7. The van der Waals surface area contributed by atoms with Gasteiger partial charge in [0.25, 0.3) is 5.79 Å². The van der Waals surface area contributed by atoms with Crippen molar-refractivity contribution in [2.45, 2.75) is 63.5 Å². The van der Waals surface area contributed by atoms with Gasteiger partial charge < -0.3 is 14.0 Å². The highest BCUT2D eigenvalue weighted by atomic mass is 32.2. The molecule has 29 heavy (non-hydrogen) atoms. The van der Waals surface area contributed by atoms with Crippen molar-refractivity contribution in [2.24, 2.45) is 5.92 Å². The third-order valence-corrected chi connectivity index (χ3v) is 6.27. The number of nitrogens with one attached hydrogen (secondary N) is 1. The van der Waals surface area contributed by atoms with Crippen LogP contribution in [0.15, 0.2) is 24.3 Å². The smallest absolute Gasteiger partial charge is 0.323 e.